The second kappa shape index (κ2) is 6.50. The van der Waals surface area contributed by atoms with Crippen molar-refractivity contribution in [3.63, 3.8) is 0 Å². The molecule has 0 saturated carbocycles. The molecule has 2 unspecified atom stereocenters. The molecule has 0 aliphatic rings. The van der Waals surface area contributed by atoms with Gasteiger partial charge in [-0.25, -0.2) is 0 Å². The van der Waals surface area contributed by atoms with Crippen LogP contribution in [0.5, 0.6) is 0 Å². The first-order valence-corrected chi connectivity index (χ1v) is 4.54. The molecule has 0 rings (SSSR count). The lowest BCUT2D eigenvalue weighted by molar-refractivity contribution is -0.137. The zero-order chi connectivity index (χ0) is 10.3. The maximum atomic E-state index is 10.3. The topological polar surface area (TPSA) is 49.3 Å². The van der Waals surface area contributed by atoms with Gasteiger partial charge in [0.05, 0.1) is 12.5 Å². The van der Waals surface area contributed by atoms with Crippen molar-refractivity contribution in [2.24, 2.45) is 0 Å². The fraction of sp³-hybridized carbons (Fsp3) is 0.700. The number of hydrogen-bond donors (Lipinski definition) is 2. The number of carboxylic acids is 1. The minimum absolute atomic E-state index is 0.000602. The molecule has 0 aromatic heterocycles. The SMILES string of the molecule is C#CC(CCC)NC(C)CC(=O)O. The molecule has 0 bridgehead atoms. The highest BCUT2D eigenvalue weighted by Gasteiger charge is 2.11. The van der Waals surface area contributed by atoms with Crippen LogP contribution in [0.25, 0.3) is 0 Å². The molecule has 13 heavy (non-hydrogen) atoms. The highest BCUT2D eigenvalue weighted by Crippen LogP contribution is 1.99. The van der Waals surface area contributed by atoms with Crippen LogP contribution in [0.15, 0.2) is 0 Å². The van der Waals surface area contributed by atoms with Gasteiger partial charge in [0, 0.05) is 6.04 Å². The van der Waals surface area contributed by atoms with Gasteiger partial charge in [0.25, 0.3) is 0 Å². The molecule has 0 amide bonds. The molecule has 0 aromatic carbocycles. The minimum atomic E-state index is -0.799. The predicted molar refractivity (Wildman–Crippen MR) is 52.4 cm³/mol. The van der Waals surface area contributed by atoms with Crippen molar-refractivity contribution in [1.82, 2.24) is 5.32 Å². The number of rotatable bonds is 6. The van der Waals surface area contributed by atoms with Crippen LogP contribution >= 0.6 is 0 Å². The molecule has 0 saturated heterocycles. The first-order valence-electron chi connectivity index (χ1n) is 4.54. The molecule has 0 aliphatic heterocycles. The monoisotopic (exact) mass is 183 g/mol. The lowest BCUT2D eigenvalue weighted by Gasteiger charge is -2.16. The van der Waals surface area contributed by atoms with Gasteiger partial charge in [-0.2, -0.15) is 0 Å². The van der Waals surface area contributed by atoms with Crippen molar-refractivity contribution in [2.45, 2.75) is 45.2 Å². The van der Waals surface area contributed by atoms with Gasteiger partial charge in [-0.3, -0.25) is 4.79 Å². The minimum Gasteiger partial charge on any atom is -0.481 e. The number of aliphatic carboxylic acids is 1. The van der Waals surface area contributed by atoms with E-state index in [-0.39, 0.29) is 18.5 Å². The van der Waals surface area contributed by atoms with E-state index in [1.807, 2.05) is 13.8 Å². The zero-order valence-electron chi connectivity index (χ0n) is 8.21. The second-order valence-electron chi connectivity index (χ2n) is 3.17. The highest BCUT2D eigenvalue weighted by atomic mass is 16.4. The molecule has 0 aliphatic carbocycles. The number of carboxylic acid groups (broad SMARTS) is 1. The molecule has 3 heteroatoms. The molecule has 0 radical (unpaired) electrons. The zero-order valence-corrected chi connectivity index (χ0v) is 8.21. The van der Waals surface area contributed by atoms with Crippen LogP contribution in [0.3, 0.4) is 0 Å². The molecular weight excluding hydrogens is 166 g/mol. The van der Waals surface area contributed by atoms with Gasteiger partial charge < -0.3 is 10.4 Å². The molecule has 2 N–H and O–H groups in total. The number of hydrogen-bond acceptors (Lipinski definition) is 2. The standard InChI is InChI=1S/C10H17NO2/c1-4-6-9(5-2)11-8(3)7-10(12)13/h2,8-9,11H,4,6-7H2,1,3H3,(H,12,13). The van der Waals surface area contributed by atoms with Gasteiger partial charge in [-0.05, 0) is 13.3 Å². The molecule has 3 nitrogen and oxygen atoms in total. The van der Waals surface area contributed by atoms with E-state index in [2.05, 4.69) is 11.2 Å². The summed E-state index contributed by atoms with van der Waals surface area (Å²) in [6.45, 7) is 3.88. The Hall–Kier alpha value is -1.01. The van der Waals surface area contributed by atoms with Crippen LogP contribution in [-0.2, 0) is 4.79 Å². The van der Waals surface area contributed by atoms with E-state index >= 15 is 0 Å². The smallest absolute Gasteiger partial charge is 0.304 e. The van der Waals surface area contributed by atoms with Crippen LogP contribution in [0, 0.1) is 12.3 Å². The molecular formula is C10H17NO2. The van der Waals surface area contributed by atoms with Gasteiger partial charge in [-0.1, -0.05) is 19.3 Å². The highest BCUT2D eigenvalue weighted by molar-refractivity contribution is 5.67. The Bertz CT molecular complexity index is 196. The van der Waals surface area contributed by atoms with E-state index in [1.54, 1.807) is 0 Å². The van der Waals surface area contributed by atoms with Gasteiger partial charge in [0.2, 0.25) is 0 Å². The Morgan fingerprint density at radius 1 is 1.69 bits per heavy atom. The van der Waals surface area contributed by atoms with E-state index in [9.17, 15) is 4.79 Å². The fourth-order valence-electron chi connectivity index (χ4n) is 1.17. The Labute approximate surface area is 79.5 Å². The van der Waals surface area contributed by atoms with Crippen LogP contribution in [-0.4, -0.2) is 23.2 Å². The Morgan fingerprint density at radius 2 is 2.31 bits per heavy atom. The van der Waals surface area contributed by atoms with Crippen molar-refractivity contribution in [3.8, 4) is 12.3 Å². The third kappa shape index (κ3) is 6.18. The molecule has 0 heterocycles. The maximum Gasteiger partial charge on any atom is 0.304 e. The van der Waals surface area contributed by atoms with Crippen LogP contribution in [0.4, 0.5) is 0 Å². The molecule has 0 aromatic rings. The van der Waals surface area contributed by atoms with E-state index < -0.39 is 5.97 Å². The lowest BCUT2D eigenvalue weighted by atomic mass is 10.1. The van der Waals surface area contributed by atoms with Gasteiger partial charge >= 0.3 is 5.97 Å². The molecule has 0 spiro atoms. The van der Waals surface area contributed by atoms with Gasteiger partial charge in [0.1, 0.15) is 0 Å². The summed E-state index contributed by atoms with van der Waals surface area (Å²) in [5, 5.41) is 11.6. The Balaban J connectivity index is 3.80. The van der Waals surface area contributed by atoms with Crippen molar-refractivity contribution >= 4 is 5.97 Å². The van der Waals surface area contributed by atoms with Crippen molar-refractivity contribution in [3.05, 3.63) is 0 Å². The summed E-state index contributed by atoms with van der Waals surface area (Å²) in [5.41, 5.74) is 0. The third-order valence-electron chi connectivity index (χ3n) is 1.75. The predicted octanol–water partition coefficient (Wildman–Crippen LogP) is 1.24. The Morgan fingerprint density at radius 3 is 2.69 bits per heavy atom. The summed E-state index contributed by atoms with van der Waals surface area (Å²) in [4.78, 5) is 10.3. The number of nitrogens with one attached hydrogen (secondary N) is 1. The first kappa shape index (κ1) is 12.0. The van der Waals surface area contributed by atoms with E-state index in [1.165, 1.54) is 0 Å². The van der Waals surface area contributed by atoms with Crippen molar-refractivity contribution in [1.29, 1.82) is 0 Å². The number of carbonyl (C=O) groups is 1. The van der Waals surface area contributed by atoms with Crippen LogP contribution in [0.2, 0.25) is 0 Å². The molecule has 0 fully saturated rings. The average molecular weight is 183 g/mol. The van der Waals surface area contributed by atoms with Crippen LogP contribution in [0.1, 0.15) is 33.1 Å². The Kier molecular flexibility index (Phi) is 5.99. The van der Waals surface area contributed by atoms with E-state index in [0.29, 0.717) is 0 Å². The van der Waals surface area contributed by atoms with Gasteiger partial charge in [-0.15, -0.1) is 6.42 Å². The largest absolute Gasteiger partial charge is 0.481 e. The third-order valence-corrected chi connectivity index (χ3v) is 1.75. The summed E-state index contributed by atoms with van der Waals surface area (Å²) in [6, 6.07) is -0.0653. The summed E-state index contributed by atoms with van der Waals surface area (Å²) < 4.78 is 0. The van der Waals surface area contributed by atoms with E-state index in [0.717, 1.165) is 12.8 Å². The van der Waals surface area contributed by atoms with Gasteiger partial charge in [0.15, 0.2) is 0 Å². The van der Waals surface area contributed by atoms with Crippen molar-refractivity contribution < 1.29 is 9.90 Å². The summed E-state index contributed by atoms with van der Waals surface area (Å²) in [5.74, 6) is 1.80. The molecule has 2 atom stereocenters. The van der Waals surface area contributed by atoms with Crippen LogP contribution < -0.4 is 5.32 Å². The maximum absolute atomic E-state index is 10.3. The average Bonchev–Trinajstić information content (AvgIpc) is 2.02. The summed E-state index contributed by atoms with van der Waals surface area (Å²) in [7, 11) is 0. The number of terminal acetylenes is 1. The van der Waals surface area contributed by atoms with Crippen molar-refractivity contribution in [2.75, 3.05) is 0 Å². The summed E-state index contributed by atoms with van der Waals surface area (Å²) >= 11 is 0. The summed E-state index contributed by atoms with van der Waals surface area (Å²) in [6.07, 6.45) is 7.28. The second-order valence-corrected chi connectivity index (χ2v) is 3.17. The van der Waals surface area contributed by atoms with E-state index in [4.69, 9.17) is 11.5 Å². The quantitative estimate of drug-likeness (QED) is 0.609. The molecule has 74 valence electrons. The lowest BCUT2D eigenvalue weighted by Crippen LogP contribution is -2.36. The first-order chi connectivity index (χ1) is 6.10. The normalized spacial score (nSPS) is 14.5. The fourth-order valence-corrected chi connectivity index (χ4v) is 1.17.